The predicted molar refractivity (Wildman–Crippen MR) is 89.8 cm³/mol. The summed E-state index contributed by atoms with van der Waals surface area (Å²) < 4.78 is 66.0. The van der Waals surface area contributed by atoms with Gasteiger partial charge in [-0.05, 0) is 37.4 Å². The van der Waals surface area contributed by atoms with Crippen molar-refractivity contribution in [3.05, 3.63) is 42.0 Å². The predicted octanol–water partition coefficient (Wildman–Crippen LogP) is 2.18. The summed E-state index contributed by atoms with van der Waals surface area (Å²) in [4.78, 5) is 12.2. The zero-order chi connectivity index (χ0) is 19.8. The van der Waals surface area contributed by atoms with Gasteiger partial charge in [0.25, 0.3) is 5.91 Å². The van der Waals surface area contributed by atoms with Gasteiger partial charge in [-0.2, -0.15) is 0 Å². The molecule has 2 aromatic carbocycles. The number of alkyl halides is 2. The number of rotatable bonds is 5. The number of hydrogen-bond acceptors (Lipinski definition) is 6. The van der Waals surface area contributed by atoms with Crippen LogP contribution in [0.4, 0.5) is 14.5 Å². The summed E-state index contributed by atoms with van der Waals surface area (Å²) in [6.45, 7) is 0. The molecule has 0 radical (unpaired) electrons. The maximum atomic E-state index is 13.1. The molecule has 0 saturated heterocycles. The Kier molecular flexibility index (Phi) is 4.66. The summed E-state index contributed by atoms with van der Waals surface area (Å²) in [5.41, 5.74) is 0.182. The molecule has 8 nitrogen and oxygen atoms in total. The van der Waals surface area contributed by atoms with Crippen LogP contribution in [0.15, 0.2) is 41.3 Å². The highest BCUT2D eigenvalue weighted by molar-refractivity contribution is 7.89. The summed E-state index contributed by atoms with van der Waals surface area (Å²) in [6.07, 6.45) is -3.77. The molecule has 11 heteroatoms. The summed E-state index contributed by atoms with van der Waals surface area (Å²) in [7, 11) is -1.34. The molecule has 3 rings (SSSR count). The lowest BCUT2D eigenvalue weighted by Gasteiger charge is -2.11. The number of amides is 1. The Morgan fingerprint density at radius 1 is 1.11 bits per heavy atom. The Labute approximate surface area is 153 Å². The van der Waals surface area contributed by atoms with E-state index in [1.807, 2.05) is 0 Å². The molecule has 0 unspecified atom stereocenters. The highest BCUT2D eigenvalue weighted by Gasteiger charge is 2.43. The number of carbonyl (C=O) groups excluding carboxylic acids is 1. The highest BCUT2D eigenvalue weighted by Crippen LogP contribution is 2.42. The van der Waals surface area contributed by atoms with Gasteiger partial charge in [-0.25, -0.2) is 13.1 Å². The Morgan fingerprint density at radius 2 is 1.81 bits per heavy atom. The Morgan fingerprint density at radius 3 is 2.48 bits per heavy atom. The summed E-state index contributed by atoms with van der Waals surface area (Å²) in [5.74, 6) is -0.988. The first-order valence-electron chi connectivity index (χ1n) is 7.48. The van der Waals surface area contributed by atoms with E-state index in [0.717, 1.165) is 6.07 Å². The summed E-state index contributed by atoms with van der Waals surface area (Å²) >= 11 is 0. The first-order valence-corrected chi connectivity index (χ1v) is 8.96. The third-order valence-corrected chi connectivity index (χ3v) is 5.08. The van der Waals surface area contributed by atoms with Gasteiger partial charge in [0.2, 0.25) is 10.0 Å². The van der Waals surface area contributed by atoms with Crippen LogP contribution in [0.3, 0.4) is 0 Å². The Balaban J connectivity index is 1.87. The Bertz CT molecular complexity index is 1010. The fraction of sp³-hybridized carbons (Fsp3) is 0.188. The van der Waals surface area contributed by atoms with Crippen LogP contribution in [-0.2, 0) is 10.0 Å². The molecule has 0 aromatic heterocycles. The Hall–Kier alpha value is -2.92. The van der Waals surface area contributed by atoms with Gasteiger partial charge < -0.3 is 19.5 Å². The number of hydrogen-bond donors (Lipinski definition) is 2. The van der Waals surface area contributed by atoms with Gasteiger partial charge in [-0.1, -0.05) is 0 Å². The van der Waals surface area contributed by atoms with Crippen molar-refractivity contribution < 1.29 is 36.2 Å². The second kappa shape index (κ2) is 6.67. The molecule has 27 heavy (non-hydrogen) atoms. The molecule has 0 saturated carbocycles. The number of nitrogens with one attached hydrogen (secondary N) is 2. The zero-order valence-electron chi connectivity index (χ0n) is 14.1. The van der Waals surface area contributed by atoms with Gasteiger partial charge >= 0.3 is 6.29 Å². The van der Waals surface area contributed by atoms with Crippen molar-refractivity contribution in [3.8, 4) is 17.2 Å². The fourth-order valence-electron chi connectivity index (χ4n) is 2.37. The molecule has 0 spiro atoms. The number of carbonyl (C=O) groups is 1. The molecule has 1 heterocycles. The third-order valence-electron chi connectivity index (χ3n) is 3.64. The van der Waals surface area contributed by atoms with E-state index in [0.29, 0.717) is 0 Å². The van der Waals surface area contributed by atoms with Gasteiger partial charge in [0, 0.05) is 17.3 Å². The van der Waals surface area contributed by atoms with E-state index < -0.39 is 22.2 Å². The van der Waals surface area contributed by atoms with E-state index in [4.69, 9.17) is 4.74 Å². The van der Waals surface area contributed by atoms with E-state index >= 15 is 0 Å². The minimum atomic E-state index is -3.87. The lowest BCUT2D eigenvalue weighted by atomic mass is 10.2. The smallest absolute Gasteiger partial charge is 0.495 e. The van der Waals surface area contributed by atoms with Crippen molar-refractivity contribution in [1.82, 2.24) is 4.72 Å². The van der Waals surface area contributed by atoms with Crippen LogP contribution in [0.25, 0.3) is 0 Å². The molecule has 1 aliphatic heterocycles. The quantitative estimate of drug-likeness (QED) is 0.798. The molecule has 0 aliphatic carbocycles. The van der Waals surface area contributed by atoms with E-state index in [9.17, 15) is 22.0 Å². The van der Waals surface area contributed by atoms with Gasteiger partial charge in [-0.15, -0.1) is 8.78 Å². The van der Waals surface area contributed by atoms with Crippen LogP contribution in [0, 0.1) is 0 Å². The van der Waals surface area contributed by atoms with Crippen molar-refractivity contribution in [2.45, 2.75) is 11.2 Å². The van der Waals surface area contributed by atoms with Gasteiger partial charge in [0.1, 0.15) is 10.6 Å². The second-order valence-corrected chi connectivity index (χ2v) is 7.21. The SMILES string of the molecule is CNS(=O)(=O)c1cc(C(=O)Nc2ccc3c(c2)OC(F)(F)O3)ccc1OC. The fourth-order valence-corrected chi connectivity index (χ4v) is 3.29. The number of fused-ring (bicyclic) bond motifs is 1. The number of anilines is 1. The third kappa shape index (κ3) is 3.78. The maximum Gasteiger partial charge on any atom is 0.586 e. The van der Waals surface area contributed by atoms with Crippen molar-refractivity contribution in [3.63, 3.8) is 0 Å². The van der Waals surface area contributed by atoms with E-state index in [2.05, 4.69) is 19.5 Å². The van der Waals surface area contributed by atoms with Crippen LogP contribution in [0.1, 0.15) is 10.4 Å². The molecule has 1 aliphatic rings. The second-order valence-electron chi connectivity index (χ2n) is 5.36. The normalized spacial score (nSPS) is 14.7. The van der Waals surface area contributed by atoms with Crippen LogP contribution >= 0.6 is 0 Å². The van der Waals surface area contributed by atoms with E-state index in [1.54, 1.807) is 0 Å². The number of halogens is 2. The van der Waals surface area contributed by atoms with Crippen molar-refractivity contribution in [1.29, 1.82) is 0 Å². The van der Waals surface area contributed by atoms with Gasteiger partial charge in [0.05, 0.1) is 7.11 Å². The van der Waals surface area contributed by atoms with E-state index in [1.165, 1.54) is 44.5 Å². The van der Waals surface area contributed by atoms with Crippen molar-refractivity contribution in [2.75, 3.05) is 19.5 Å². The monoisotopic (exact) mass is 400 g/mol. The molecule has 0 atom stereocenters. The minimum Gasteiger partial charge on any atom is -0.495 e. The molecule has 1 amide bonds. The summed E-state index contributed by atoms with van der Waals surface area (Å²) in [6, 6.07) is 7.57. The first kappa shape index (κ1) is 18.9. The highest BCUT2D eigenvalue weighted by atomic mass is 32.2. The summed E-state index contributed by atoms with van der Waals surface area (Å²) in [5, 5.41) is 2.47. The van der Waals surface area contributed by atoms with Gasteiger partial charge in [-0.3, -0.25) is 4.79 Å². The van der Waals surface area contributed by atoms with Crippen LogP contribution in [0.2, 0.25) is 0 Å². The molecule has 2 N–H and O–H groups in total. The molecule has 2 aromatic rings. The number of benzene rings is 2. The van der Waals surface area contributed by atoms with Crippen molar-refractivity contribution >= 4 is 21.6 Å². The van der Waals surface area contributed by atoms with E-state index in [-0.39, 0.29) is 33.4 Å². The number of ether oxygens (including phenoxy) is 3. The average Bonchev–Trinajstić information content (AvgIpc) is 2.94. The average molecular weight is 400 g/mol. The topological polar surface area (TPSA) is 103 Å². The van der Waals surface area contributed by atoms with Crippen LogP contribution < -0.4 is 24.2 Å². The van der Waals surface area contributed by atoms with Crippen LogP contribution in [-0.4, -0.2) is 34.8 Å². The molecular formula is C16H14F2N2O6S. The lowest BCUT2D eigenvalue weighted by Crippen LogP contribution is -2.25. The zero-order valence-corrected chi connectivity index (χ0v) is 14.9. The molecule has 144 valence electrons. The van der Waals surface area contributed by atoms with Gasteiger partial charge in [0.15, 0.2) is 11.5 Å². The van der Waals surface area contributed by atoms with Crippen LogP contribution in [0.5, 0.6) is 17.2 Å². The molecular weight excluding hydrogens is 386 g/mol. The first-order chi connectivity index (χ1) is 12.6. The van der Waals surface area contributed by atoms with Crippen molar-refractivity contribution in [2.24, 2.45) is 0 Å². The molecule has 0 fully saturated rings. The number of sulfonamides is 1. The maximum absolute atomic E-state index is 13.1. The standard InChI is InChI=1S/C16H14F2N2O6S/c1-19-27(22,23)14-7-9(3-5-12(14)24-2)15(21)20-10-4-6-11-13(8-10)26-16(17,18)25-11/h3-8,19H,1-2H3,(H,20,21). The molecule has 0 bridgehead atoms. The lowest BCUT2D eigenvalue weighted by molar-refractivity contribution is -0.286. The number of methoxy groups -OCH3 is 1. The minimum absolute atomic E-state index is 0.0209. The largest absolute Gasteiger partial charge is 0.586 e.